The molecule has 3 rings (SSSR count). The molecule has 2 heterocycles. The average molecular weight is 428 g/mol. The lowest BCUT2D eigenvalue weighted by molar-refractivity contribution is -0.145. The molecule has 31 heavy (non-hydrogen) atoms. The van der Waals surface area contributed by atoms with Crippen LogP contribution in [0, 0.1) is 0 Å². The highest BCUT2D eigenvalue weighted by molar-refractivity contribution is 5.84. The normalized spacial score (nSPS) is 18.5. The smallest absolute Gasteiger partial charge is 0.411 e. The fourth-order valence-electron chi connectivity index (χ4n) is 3.44. The van der Waals surface area contributed by atoms with Gasteiger partial charge in [-0.25, -0.2) is 14.6 Å². The van der Waals surface area contributed by atoms with Crippen molar-refractivity contribution in [1.29, 1.82) is 0 Å². The van der Waals surface area contributed by atoms with Gasteiger partial charge in [0.05, 0.1) is 26.3 Å². The first kappa shape index (κ1) is 22.4. The van der Waals surface area contributed by atoms with Gasteiger partial charge < -0.3 is 18.9 Å². The third-order valence-electron chi connectivity index (χ3n) is 4.88. The van der Waals surface area contributed by atoms with Gasteiger partial charge in [0.25, 0.3) is 0 Å². The Hall–Kier alpha value is -3.29. The molecule has 1 aromatic heterocycles. The Labute approximate surface area is 181 Å². The van der Waals surface area contributed by atoms with E-state index in [4.69, 9.17) is 18.9 Å². The summed E-state index contributed by atoms with van der Waals surface area (Å²) in [6.45, 7) is 9.32. The van der Waals surface area contributed by atoms with Gasteiger partial charge in [0.15, 0.2) is 0 Å². The number of carbonyl (C=O) groups excluding carboxylic acids is 2. The lowest BCUT2D eigenvalue weighted by Gasteiger charge is -2.27. The summed E-state index contributed by atoms with van der Waals surface area (Å²) in [5.41, 5.74) is 0.723. The van der Waals surface area contributed by atoms with Crippen LogP contribution in [0.1, 0.15) is 32.8 Å². The van der Waals surface area contributed by atoms with Crippen LogP contribution in [0.4, 0.5) is 4.79 Å². The van der Waals surface area contributed by atoms with Crippen LogP contribution in [0.2, 0.25) is 0 Å². The first-order chi connectivity index (χ1) is 14.6. The molecule has 0 saturated carbocycles. The Morgan fingerprint density at radius 3 is 2.58 bits per heavy atom. The van der Waals surface area contributed by atoms with Crippen LogP contribution in [0.15, 0.2) is 30.8 Å². The highest BCUT2D eigenvalue weighted by Crippen LogP contribution is 2.30. The van der Waals surface area contributed by atoms with Gasteiger partial charge in [-0.05, 0) is 39.0 Å². The Kier molecular flexibility index (Phi) is 6.38. The molecule has 2 aromatic rings. The Balaban J connectivity index is 1.87. The molecule has 0 spiro atoms. The van der Waals surface area contributed by atoms with Gasteiger partial charge in [-0.15, -0.1) is 0 Å². The fourth-order valence-corrected chi connectivity index (χ4v) is 3.44. The minimum atomic E-state index is -0.794. The third-order valence-corrected chi connectivity index (χ3v) is 4.88. The van der Waals surface area contributed by atoms with Crippen molar-refractivity contribution < 1.29 is 28.5 Å². The van der Waals surface area contributed by atoms with E-state index in [1.165, 1.54) is 12.0 Å². The number of amides is 1. The summed E-state index contributed by atoms with van der Waals surface area (Å²) in [5, 5.41) is 0.914. The van der Waals surface area contributed by atoms with Crippen LogP contribution in [0.25, 0.3) is 17.0 Å². The van der Waals surface area contributed by atoms with Crippen molar-refractivity contribution in [3.8, 4) is 11.6 Å². The number of aromatic nitrogens is 1. The van der Waals surface area contributed by atoms with Gasteiger partial charge in [-0.2, -0.15) is 0 Å². The van der Waals surface area contributed by atoms with Crippen LogP contribution < -0.4 is 9.47 Å². The summed E-state index contributed by atoms with van der Waals surface area (Å²) in [6.07, 6.45) is 0.866. The minimum absolute atomic E-state index is 0.170. The van der Waals surface area contributed by atoms with E-state index in [-0.39, 0.29) is 13.0 Å². The Morgan fingerprint density at radius 1 is 1.23 bits per heavy atom. The zero-order chi connectivity index (χ0) is 22.8. The second kappa shape index (κ2) is 8.83. The van der Waals surface area contributed by atoms with E-state index in [0.29, 0.717) is 22.7 Å². The fraction of sp³-hybridized carbons (Fsp3) is 0.435. The van der Waals surface area contributed by atoms with Gasteiger partial charge in [0.2, 0.25) is 5.88 Å². The first-order valence-corrected chi connectivity index (χ1v) is 10.0. The number of rotatable bonds is 5. The molecule has 0 N–H and O–H groups in total. The van der Waals surface area contributed by atoms with Gasteiger partial charge in [0, 0.05) is 23.4 Å². The number of ether oxygens (including phenoxy) is 4. The van der Waals surface area contributed by atoms with E-state index in [9.17, 15) is 9.59 Å². The summed E-state index contributed by atoms with van der Waals surface area (Å²) < 4.78 is 21.7. The molecule has 1 aliphatic heterocycles. The lowest BCUT2D eigenvalue weighted by atomic mass is 10.1. The molecule has 2 unspecified atom stereocenters. The van der Waals surface area contributed by atoms with Crippen molar-refractivity contribution in [2.45, 2.75) is 44.9 Å². The largest absolute Gasteiger partial charge is 0.497 e. The van der Waals surface area contributed by atoms with Crippen molar-refractivity contribution in [3.05, 3.63) is 36.4 Å². The quantitative estimate of drug-likeness (QED) is 0.669. The van der Waals surface area contributed by atoms with E-state index < -0.39 is 29.8 Å². The average Bonchev–Trinajstić information content (AvgIpc) is 3.15. The number of nitrogens with zero attached hydrogens (tertiary/aromatic N) is 2. The summed E-state index contributed by atoms with van der Waals surface area (Å²) in [4.78, 5) is 30.9. The number of fused-ring (bicyclic) bond motifs is 1. The first-order valence-electron chi connectivity index (χ1n) is 10.0. The van der Waals surface area contributed by atoms with E-state index in [0.717, 1.165) is 5.39 Å². The molecule has 0 bridgehead atoms. The highest BCUT2D eigenvalue weighted by Gasteiger charge is 2.43. The predicted octanol–water partition coefficient (Wildman–Crippen LogP) is 3.82. The zero-order valence-corrected chi connectivity index (χ0v) is 18.5. The molecule has 2 atom stereocenters. The van der Waals surface area contributed by atoms with E-state index in [1.807, 2.05) is 24.3 Å². The van der Waals surface area contributed by atoms with Crippen molar-refractivity contribution in [1.82, 2.24) is 9.88 Å². The number of carbonyl (C=O) groups is 2. The van der Waals surface area contributed by atoms with Crippen LogP contribution in [-0.2, 0) is 14.3 Å². The molecule has 1 fully saturated rings. The van der Waals surface area contributed by atoms with Crippen LogP contribution >= 0.6 is 0 Å². The van der Waals surface area contributed by atoms with Crippen LogP contribution in [0.5, 0.6) is 11.6 Å². The molecule has 166 valence electrons. The van der Waals surface area contributed by atoms with Crippen LogP contribution in [0.3, 0.4) is 0 Å². The Morgan fingerprint density at radius 2 is 1.97 bits per heavy atom. The predicted molar refractivity (Wildman–Crippen MR) is 116 cm³/mol. The number of methoxy groups -OCH3 is 2. The van der Waals surface area contributed by atoms with Crippen molar-refractivity contribution in [3.63, 3.8) is 0 Å². The standard InChI is InChI=1S/C23H28N2O6/c1-7-14-10-15-8-9-16(28-5)11-18(15)24-20(14)30-17-12-19(21(26)29-6)25(13-17)22(27)31-23(2,3)4/h7-11,17,19H,1,12-13H2,2-6H3. The van der Waals surface area contributed by atoms with Gasteiger partial charge in [-0.3, -0.25) is 4.90 Å². The number of pyridine rings is 1. The molecule has 1 amide bonds. The number of hydrogen-bond acceptors (Lipinski definition) is 7. The molecule has 8 nitrogen and oxygen atoms in total. The minimum Gasteiger partial charge on any atom is -0.497 e. The second-order valence-electron chi connectivity index (χ2n) is 8.29. The van der Waals surface area contributed by atoms with Crippen molar-refractivity contribution >= 4 is 29.0 Å². The van der Waals surface area contributed by atoms with Crippen LogP contribution in [-0.4, -0.2) is 60.5 Å². The molecular formula is C23H28N2O6. The zero-order valence-electron chi connectivity index (χ0n) is 18.5. The molecule has 0 aliphatic carbocycles. The molecule has 0 radical (unpaired) electrons. The van der Waals surface area contributed by atoms with E-state index >= 15 is 0 Å². The summed E-state index contributed by atoms with van der Waals surface area (Å²) in [5.74, 6) is 0.535. The monoisotopic (exact) mass is 428 g/mol. The van der Waals surface area contributed by atoms with Gasteiger partial charge in [0.1, 0.15) is 23.5 Å². The second-order valence-corrected chi connectivity index (χ2v) is 8.29. The summed E-state index contributed by atoms with van der Waals surface area (Å²) >= 11 is 0. The van der Waals surface area contributed by atoms with Crippen molar-refractivity contribution in [2.24, 2.45) is 0 Å². The number of hydrogen-bond donors (Lipinski definition) is 0. The topological polar surface area (TPSA) is 87.2 Å². The molecule has 1 aromatic carbocycles. The Bertz CT molecular complexity index is 997. The summed E-state index contributed by atoms with van der Waals surface area (Å²) in [6, 6.07) is 6.70. The maximum absolute atomic E-state index is 12.7. The SMILES string of the molecule is C=Cc1cc2ccc(OC)cc2nc1OC1CC(C(=O)OC)N(C(=O)OC(C)(C)C)C1. The van der Waals surface area contributed by atoms with Crippen molar-refractivity contribution in [2.75, 3.05) is 20.8 Å². The molecule has 1 aliphatic rings. The lowest BCUT2D eigenvalue weighted by Crippen LogP contribution is -2.44. The maximum Gasteiger partial charge on any atom is 0.411 e. The highest BCUT2D eigenvalue weighted by atomic mass is 16.6. The third kappa shape index (κ3) is 5.07. The van der Waals surface area contributed by atoms with E-state index in [1.54, 1.807) is 34.0 Å². The maximum atomic E-state index is 12.7. The number of esters is 1. The molecular weight excluding hydrogens is 400 g/mol. The van der Waals surface area contributed by atoms with Gasteiger partial charge >= 0.3 is 12.1 Å². The van der Waals surface area contributed by atoms with Gasteiger partial charge in [-0.1, -0.05) is 12.7 Å². The number of likely N-dealkylation sites (tertiary alicyclic amines) is 1. The molecule has 8 heteroatoms. The summed E-state index contributed by atoms with van der Waals surface area (Å²) in [7, 11) is 2.88. The van der Waals surface area contributed by atoms with E-state index in [2.05, 4.69) is 11.6 Å². The number of benzene rings is 1. The molecule has 1 saturated heterocycles.